The van der Waals surface area contributed by atoms with Crippen LogP contribution in [0.4, 0.5) is 4.39 Å². The summed E-state index contributed by atoms with van der Waals surface area (Å²) in [6.07, 6.45) is 6.77. The lowest BCUT2D eigenvalue weighted by atomic mass is 10.1. The third-order valence-electron chi connectivity index (χ3n) is 6.17. The first-order chi connectivity index (χ1) is 16.5. The molecule has 0 aliphatic rings. The number of fused-ring (bicyclic) bond motifs is 1. The normalized spacial score (nSPS) is 11.0. The number of unbranched alkanes of at least 4 members (excludes halogenated alkanes) is 2. The molecule has 0 radical (unpaired) electrons. The van der Waals surface area contributed by atoms with Crippen molar-refractivity contribution in [3.8, 4) is 0 Å². The highest BCUT2D eigenvalue weighted by Crippen LogP contribution is 2.19. The number of aromatic amines is 1. The molecule has 1 aromatic heterocycles. The zero-order valence-electron chi connectivity index (χ0n) is 20.4. The Morgan fingerprint density at radius 3 is 2.35 bits per heavy atom. The van der Waals surface area contributed by atoms with Crippen LogP contribution in [0, 0.1) is 5.82 Å². The van der Waals surface area contributed by atoms with Crippen molar-refractivity contribution in [2.75, 3.05) is 19.6 Å². The van der Waals surface area contributed by atoms with Crippen LogP contribution in [0.1, 0.15) is 57.1 Å². The van der Waals surface area contributed by atoms with Crippen molar-refractivity contribution >= 4 is 22.7 Å². The van der Waals surface area contributed by atoms with Crippen LogP contribution in [0.2, 0.25) is 0 Å². The molecule has 3 rings (SSSR count). The molecule has 2 aromatic carbocycles. The van der Waals surface area contributed by atoms with Gasteiger partial charge in [-0.1, -0.05) is 57.0 Å². The minimum absolute atomic E-state index is 0.0435. The van der Waals surface area contributed by atoms with Crippen molar-refractivity contribution in [1.82, 2.24) is 14.8 Å². The first kappa shape index (κ1) is 25.5. The SMILES string of the molecule is CCCCC(=O)N(CCCC)CC(=O)N(CCc1c[nH]c2ccccc12)Cc1ccc(F)cc1. The molecule has 182 valence electrons. The van der Waals surface area contributed by atoms with E-state index in [1.54, 1.807) is 21.9 Å². The van der Waals surface area contributed by atoms with Crippen molar-refractivity contribution < 1.29 is 14.0 Å². The Kier molecular flexibility index (Phi) is 9.68. The fourth-order valence-corrected chi connectivity index (χ4v) is 4.09. The van der Waals surface area contributed by atoms with Crippen LogP contribution in [0.5, 0.6) is 0 Å². The van der Waals surface area contributed by atoms with Gasteiger partial charge in [0.2, 0.25) is 11.8 Å². The number of aromatic nitrogens is 1. The predicted molar refractivity (Wildman–Crippen MR) is 135 cm³/mol. The first-order valence-electron chi connectivity index (χ1n) is 12.4. The van der Waals surface area contributed by atoms with E-state index >= 15 is 0 Å². The molecule has 0 saturated carbocycles. The number of carbonyl (C=O) groups excluding carboxylic acids is 2. The van der Waals surface area contributed by atoms with Gasteiger partial charge >= 0.3 is 0 Å². The number of carbonyl (C=O) groups is 2. The van der Waals surface area contributed by atoms with E-state index in [4.69, 9.17) is 0 Å². The van der Waals surface area contributed by atoms with Crippen molar-refractivity contribution in [3.63, 3.8) is 0 Å². The average Bonchev–Trinajstić information content (AvgIpc) is 3.27. The fraction of sp³-hybridized carbons (Fsp3) is 0.429. The van der Waals surface area contributed by atoms with Gasteiger partial charge < -0.3 is 14.8 Å². The molecule has 1 N–H and O–H groups in total. The van der Waals surface area contributed by atoms with E-state index in [1.165, 1.54) is 12.1 Å². The summed E-state index contributed by atoms with van der Waals surface area (Å²) in [6.45, 7) is 5.72. The van der Waals surface area contributed by atoms with E-state index < -0.39 is 0 Å². The van der Waals surface area contributed by atoms with E-state index in [9.17, 15) is 14.0 Å². The smallest absolute Gasteiger partial charge is 0.242 e. The highest BCUT2D eigenvalue weighted by atomic mass is 19.1. The second-order valence-corrected chi connectivity index (χ2v) is 8.82. The second-order valence-electron chi connectivity index (χ2n) is 8.82. The van der Waals surface area contributed by atoms with Gasteiger partial charge in [0.05, 0.1) is 6.54 Å². The van der Waals surface area contributed by atoms with E-state index in [1.807, 2.05) is 24.4 Å². The number of nitrogens with one attached hydrogen (secondary N) is 1. The summed E-state index contributed by atoms with van der Waals surface area (Å²) in [5, 5.41) is 1.15. The van der Waals surface area contributed by atoms with Gasteiger partial charge in [0.1, 0.15) is 5.82 Å². The van der Waals surface area contributed by atoms with Crippen LogP contribution < -0.4 is 0 Å². The van der Waals surface area contributed by atoms with Gasteiger partial charge in [-0.3, -0.25) is 9.59 Å². The molecule has 34 heavy (non-hydrogen) atoms. The summed E-state index contributed by atoms with van der Waals surface area (Å²) >= 11 is 0. The maximum absolute atomic E-state index is 13.4. The Bertz CT molecular complexity index is 1060. The Hall–Kier alpha value is -3.15. The van der Waals surface area contributed by atoms with Gasteiger partial charge in [-0.25, -0.2) is 4.39 Å². The number of para-hydroxylation sites is 1. The zero-order valence-corrected chi connectivity index (χ0v) is 20.4. The lowest BCUT2D eigenvalue weighted by Crippen LogP contribution is -2.43. The minimum atomic E-state index is -0.298. The van der Waals surface area contributed by atoms with Crippen molar-refractivity contribution in [2.24, 2.45) is 0 Å². The molecule has 2 amide bonds. The third-order valence-corrected chi connectivity index (χ3v) is 6.17. The minimum Gasteiger partial charge on any atom is -0.361 e. The van der Waals surface area contributed by atoms with Gasteiger partial charge in [0.15, 0.2) is 0 Å². The lowest BCUT2D eigenvalue weighted by Gasteiger charge is -2.28. The summed E-state index contributed by atoms with van der Waals surface area (Å²) in [5.74, 6) is -0.334. The number of nitrogens with zero attached hydrogens (tertiary/aromatic N) is 2. The fourth-order valence-electron chi connectivity index (χ4n) is 4.09. The lowest BCUT2D eigenvalue weighted by molar-refractivity contribution is -0.141. The standard InChI is InChI=1S/C28H36FN3O2/c1-3-5-11-27(33)31(17-6-4-2)21-28(34)32(20-22-12-14-24(29)15-13-22)18-16-23-19-30-26-10-8-7-9-25(23)26/h7-10,12-15,19,30H,3-6,11,16-18,20-21H2,1-2H3. The largest absolute Gasteiger partial charge is 0.361 e. The number of H-pyrrole nitrogens is 1. The van der Waals surface area contributed by atoms with Gasteiger partial charge in [-0.15, -0.1) is 0 Å². The molecule has 6 heteroatoms. The summed E-state index contributed by atoms with van der Waals surface area (Å²) in [4.78, 5) is 33.0. The van der Waals surface area contributed by atoms with E-state index in [0.717, 1.165) is 47.7 Å². The van der Waals surface area contributed by atoms with Crippen LogP contribution in [-0.4, -0.2) is 46.2 Å². The predicted octanol–water partition coefficient (Wildman–Crippen LogP) is 5.70. The Morgan fingerprint density at radius 2 is 1.62 bits per heavy atom. The zero-order chi connectivity index (χ0) is 24.3. The molecule has 0 aliphatic carbocycles. The van der Waals surface area contributed by atoms with Gasteiger partial charge in [0.25, 0.3) is 0 Å². The topological polar surface area (TPSA) is 56.4 Å². The molecule has 1 heterocycles. The van der Waals surface area contributed by atoms with E-state index in [-0.39, 0.29) is 24.2 Å². The molecule has 5 nitrogen and oxygen atoms in total. The molecular formula is C28H36FN3O2. The second kappa shape index (κ2) is 12.9. The average molecular weight is 466 g/mol. The molecular weight excluding hydrogens is 429 g/mol. The molecule has 0 aliphatic heterocycles. The van der Waals surface area contributed by atoms with Gasteiger partial charge in [-0.2, -0.15) is 0 Å². The summed E-state index contributed by atoms with van der Waals surface area (Å²) in [7, 11) is 0. The summed E-state index contributed by atoms with van der Waals surface area (Å²) in [6, 6.07) is 14.4. The van der Waals surface area contributed by atoms with E-state index in [0.29, 0.717) is 32.5 Å². The molecule has 0 unspecified atom stereocenters. The van der Waals surface area contributed by atoms with Crippen LogP contribution in [0.25, 0.3) is 10.9 Å². The number of rotatable bonds is 13. The number of amides is 2. The van der Waals surface area contributed by atoms with Crippen molar-refractivity contribution in [3.05, 3.63) is 71.7 Å². The number of halogens is 1. The number of benzene rings is 2. The summed E-state index contributed by atoms with van der Waals surface area (Å²) in [5.41, 5.74) is 3.08. The Labute approximate surface area is 201 Å². The van der Waals surface area contributed by atoms with Crippen LogP contribution in [0.3, 0.4) is 0 Å². The van der Waals surface area contributed by atoms with Crippen molar-refractivity contribution in [1.29, 1.82) is 0 Å². The van der Waals surface area contributed by atoms with Crippen LogP contribution >= 0.6 is 0 Å². The highest BCUT2D eigenvalue weighted by molar-refractivity contribution is 5.85. The molecule has 0 atom stereocenters. The summed E-state index contributed by atoms with van der Waals surface area (Å²) < 4.78 is 13.4. The molecule has 0 bridgehead atoms. The Balaban J connectivity index is 1.75. The van der Waals surface area contributed by atoms with Gasteiger partial charge in [0, 0.05) is 43.2 Å². The van der Waals surface area contributed by atoms with Crippen LogP contribution in [-0.2, 0) is 22.6 Å². The molecule has 0 saturated heterocycles. The quantitative estimate of drug-likeness (QED) is 0.352. The number of hydrogen-bond acceptors (Lipinski definition) is 2. The maximum atomic E-state index is 13.4. The maximum Gasteiger partial charge on any atom is 0.242 e. The molecule has 0 spiro atoms. The molecule has 0 fully saturated rings. The first-order valence-corrected chi connectivity index (χ1v) is 12.4. The highest BCUT2D eigenvalue weighted by Gasteiger charge is 2.21. The number of hydrogen-bond donors (Lipinski definition) is 1. The molecule has 3 aromatic rings. The monoisotopic (exact) mass is 465 g/mol. The third kappa shape index (κ3) is 7.17. The van der Waals surface area contributed by atoms with Gasteiger partial charge in [-0.05, 0) is 48.6 Å². The van der Waals surface area contributed by atoms with Crippen molar-refractivity contribution in [2.45, 2.75) is 58.9 Å². The van der Waals surface area contributed by atoms with Crippen LogP contribution in [0.15, 0.2) is 54.7 Å². The van der Waals surface area contributed by atoms with E-state index in [2.05, 4.69) is 24.9 Å². The Morgan fingerprint density at radius 1 is 0.882 bits per heavy atom.